The summed E-state index contributed by atoms with van der Waals surface area (Å²) in [5.74, 6) is 0.518. The summed E-state index contributed by atoms with van der Waals surface area (Å²) < 4.78 is 0. The molecule has 1 amide bonds. The van der Waals surface area contributed by atoms with Crippen molar-refractivity contribution in [2.75, 3.05) is 20.1 Å². The summed E-state index contributed by atoms with van der Waals surface area (Å²) in [6, 6.07) is 3.71. The van der Waals surface area contributed by atoms with Crippen LogP contribution in [-0.2, 0) is 11.3 Å². The van der Waals surface area contributed by atoms with Crippen molar-refractivity contribution >= 4 is 17.5 Å². The third kappa shape index (κ3) is 5.98. The van der Waals surface area contributed by atoms with Crippen molar-refractivity contribution in [1.82, 2.24) is 15.2 Å². The Hall–Kier alpha value is -1.13. The molecule has 1 aromatic rings. The fraction of sp³-hybridized carbons (Fsp3) is 0.538. The predicted octanol–water partition coefficient (Wildman–Crippen LogP) is 1.94. The van der Waals surface area contributed by atoms with E-state index in [2.05, 4.69) is 24.1 Å². The summed E-state index contributed by atoms with van der Waals surface area (Å²) in [6.07, 6.45) is 1.67. The average Bonchev–Trinajstić information content (AvgIpc) is 2.26. The molecule has 4 nitrogen and oxygen atoms in total. The van der Waals surface area contributed by atoms with Crippen molar-refractivity contribution in [3.8, 4) is 0 Å². The zero-order valence-corrected chi connectivity index (χ0v) is 11.9. The second kappa shape index (κ2) is 7.34. The van der Waals surface area contributed by atoms with Crippen molar-refractivity contribution in [1.29, 1.82) is 0 Å². The zero-order chi connectivity index (χ0) is 13.5. The first-order valence-corrected chi connectivity index (χ1v) is 6.41. The van der Waals surface area contributed by atoms with Gasteiger partial charge in [-0.05, 0) is 30.7 Å². The lowest BCUT2D eigenvalue weighted by atomic mass is 10.2. The SMILES string of the molecule is CC(C)CNC(=O)CN(C)Cc1ccnc(Cl)c1. The highest BCUT2D eigenvalue weighted by Gasteiger charge is 2.07. The van der Waals surface area contributed by atoms with E-state index in [1.807, 2.05) is 24.1 Å². The van der Waals surface area contributed by atoms with Gasteiger partial charge in [0, 0.05) is 19.3 Å². The van der Waals surface area contributed by atoms with E-state index in [9.17, 15) is 4.79 Å². The molecular formula is C13H20ClN3O. The Morgan fingerprint density at radius 1 is 1.56 bits per heavy atom. The standard InChI is InChI=1S/C13H20ClN3O/c1-10(2)7-16-13(18)9-17(3)8-11-4-5-15-12(14)6-11/h4-6,10H,7-9H2,1-3H3,(H,16,18). The van der Waals surface area contributed by atoms with Crippen molar-refractivity contribution < 1.29 is 4.79 Å². The van der Waals surface area contributed by atoms with Gasteiger partial charge < -0.3 is 5.32 Å². The minimum atomic E-state index is 0.0475. The molecule has 0 aromatic carbocycles. The summed E-state index contributed by atoms with van der Waals surface area (Å²) in [4.78, 5) is 17.5. The Balaban J connectivity index is 2.37. The molecule has 0 atom stereocenters. The number of amides is 1. The molecule has 0 aliphatic heterocycles. The summed E-state index contributed by atoms with van der Waals surface area (Å²) in [5, 5.41) is 3.37. The average molecular weight is 270 g/mol. The van der Waals surface area contributed by atoms with E-state index in [4.69, 9.17) is 11.6 Å². The Labute approximate surface area is 113 Å². The van der Waals surface area contributed by atoms with Gasteiger partial charge in [-0.1, -0.05) is 25.4 Å². The number of nitrogens with zero attached hydrogens (tertiary/aromatic N) is 2. The number of likely N-dealkylation sites (N-methyl/N-ethyl adjacent to an activating group) is 1. The number of pyridine rings is 1. The number of nitrogens with one attached hydrogen (secondary N) is 1. The number of carbonyl (C=O) groups excluding carboxylic acids is 1. The van der Waals surface area contributed by atoms with Crippen molar-refractivity contribution in [2.45, 2.75) is 20.4 Å². The van der Waals surface area contributed by atoms with Crippen LogP contribution in [0, 0.1) is 5.92 Å². The van der Waals surface area contributed by atoms with Crippen LogP contribution in [0.1, 0.15) is 19.4 Å². The molecule has 0 aliphatic carbocycles. The van der Waals surface area contributed by atoms with E-state index in [1.165, 1.54) is 0 Å². The molecule has 100 valence electrons. The molecule has 1 aromatic heterocycles. The molecule has 0 bridgehead atoms. The van der Waals surface area contributed by atoms with Gasteiger partial charge in [0.05, 0.1) is 6.54 Å². The third-order valence-electron chi connectivity index (χ3n) is 2.36. The molecule has 0 aliphatic rings. The Morgan fingerprint density at radius 2 is 2.28 bits per heavy atom. The van der Waals surface area contributed by atoms with E-state index >= 15 is 0 Å². The van der Waals surface area contributed by atoms with E-state index in [0.717, 1.165) is 5.56 Å². The first-order chi connectivity index (χ1) is 8.47. The molecule has 1 rings (SSSR count). The van der Waals surface area contributed by atoms with Crippen LogP contribution < -0.4 is 5.32 Å². The number of hydrogen-bond donors (Lipinski definition) is 1. The molecule has 1 N–H and O–H groups in total. The Morgan fingerprint density at radius 3 is 2.89 bits per heavy atom. The number of carbonyl (C=O) groups is 1. The minimum Gasteiger partial charge on any atom is -0.355 e. The molecule has 1 heterocycles. The molecule has 0 spiro atoms. The Bertz CT molecular complexity index is 396. The van der Waals surface area contributed by atoms with Gasteiger partial charge in [0.25, 0.3) is 0 Å². The second-order valence-corrected chi connectivity index (χ2v) is 5.24. The van der Waals surface area contributed by atoms with E-state index in [0.29, 0.717) is 30.7 Å². The van der Waals surface area contributed by atoms with Crippen LogP contribution >= 0.6 is 11.6 Å². The largest absolute Gasteiger partial charge is 0.355 e. The molecule has 0 radical (unpaired) electrons. The normalized spacial score (nSPS) is 11.0. The topological polar surface area (TPSA) is 45.2 Å². The van der Waals surface area contributed by atoms with Gasteiger partial charge in [0.15, 0.2) is 0 Å². The van der Waals surface area contributed by atoms with Crippen molar-refractivity contribution in [3.05, 3.63) is 29.0 Å². The molecular weight excluding hydrogens is 250 g/mol. The molecule has 0 saturated heterocycles. The van der Waals surface area contributed by atoms with Crippen LogP contribution in [0.5, 0.6) is 0 Å². The van der Waals surface area contributed by atoms with Gasteiger partial charge in [-0.3, -0.25) is 9.69 Å². The summed E-state index contributed by atoms with van der Waals surface area (Å²) in [7, 11) is 1.91. The van der Waals surface area contributed by atoms with Crippen LogP contribution in [-0.4, -0.2) is 35.9 Å². The lowest BCUT2D eigenvalue weighted by molar-refractivity contribution is -0.122. The maximum absolute atomic E-state index is 11.6. The maximum atomic E-state index is 11.6. The fourth-order valence-corrected chi connectivity index (χ4v) is 1.72. The summed E-state index contributed by atoms with van der Waals surface area (Å²) in [5.41, 5.74) is 1.05. The fourth-order valence-electron chi connectivity index (χ4n) is 1.53. The minimum absolute atomic E-state index is 0.0475. The van der Waals surface area contributed by atoms with E-state index in [1.54, 1.807) is 6.20 Å². The monoisotopic (exact) mass is 269 g/mol. The highest BCUT2D eigenvalue weighted by molar-refractivity contribution is 6.29. The van der Waals surface area contributed by atoms with Gasteiger partial charge in [-0.2, -0.15) is 0 Å². The maximum Gasteiger partial charge on any atom is 0.234 e. The summed E-state index contributed by atoms with van der Waals surface area (Å²) >= 11 is 5.81. The third-order valence-corrected chi connectivity index (χ3v) is 2.57. The highest BCUT2D eigenvalue weighted by Crippen LogP contribution is 2.08. The molecule has 5 heteroatoms. The van der Waals surface area contributed by atoms with E-state index < -0.39 is 0 Å². The lowest BCUT2D eigenvalue weighted by Gasteiger charge is -2.17. The van der Waals surface area contributed by atoms with Crippen LogP contribution in [0.25, 0.3) is 0 Å². The molecule has 18 heavy (non-hydrogen) atoms. The Kier molecular flexibility index (Phi) is 6.09. The van der Waals surface area contributed by atoms with Crippen LogP contribution in [0.3, 0.4) is 0 Å². The van der Waals surface area contributed by atoms with Gasteiger partial charge in [-0.15, -0.1) is 0 Å². The molecule has 0 saturated carbocycles. The van der Waals surface area contributed by atoms with Gasteiger partial charge in [0.1, 0.15) is 5.15 Å². The number of hydrogen-bond acceptors (Lipinski definition) is 3. The zero-order valence-electron chi connectivity index (χ0n) is 11.1. The van der Waals surface area contributed by atoms with Crippen molar-refractivity contribution in [2.24, 2.45) is 5.92 Å². The first kappa shape index (κ1) is 14.9. The lowest BCUT2D eigenvalue weighted by Crippen LogP contribution is -2.36. The van der Waals surface area contributed by atoms with Gasteiger partial charge in [0.2, 0.25) is 5.91 Å². The van der Waals surface area contributed by atoms with E-state index in [-0.39, 0.29) is 5.91 Å². The molecule has 0 fully saturated rings. The van der Waals surface area contributed by atoms with Crippen LogP contribution in [0.4, 0.5) is 0 Å². The number of rotatable bonds is 6. The van der Waals surface area contributed by atoms with Gasteiger partial charge >= 0.3 is 0 Å². The summed E-state index contributed by atoms with van der Waals surface area (Å²) in [6.45, 7) is 5.92. The van der Waals surface area contributed by atoms with Crippen LogP contribution in [0.15, 0.2) is 18.3 Å². The molecule has 0 unspecified atom stereocenters. The number of halogens is 1. The van der Waals surface area contributed by atoms with Crippen molar-refractivity contribution in [3.63, 3.8) is 0 Å². The van der Waals surface area contributed by atoms with Gasteiger partial charge in [-0.25, -0.2) is 4.98 Å². The quantitative estimate of drug-likeness (QED) is 0.803. The predicted molar refractivity (Wildman–Crippen MR) is 73.4 cm³/mol. The smallest absolute Gasteiger partial charge is 0.234 e. The first-order valence-electron chi connectivity index (χ1n) is 6.03. The second-order valence-electron chi connectivity index (χ2n) is 4.86. The number of aromatic nitrogens is 1. The highest BCUT2D eigenvalue weighted by atomic mass is 35.5. The van der Waals surface area contributed by atoms with Crippen LogP contribution in [0.2, 0.25) is 5.15 Å².